The first-order valence-corrected chi connectivity index (χ1v) is 21.9. The van der Waals surface area contributed by atoms with Crippen LogP contribution in [0.15, 0.2) is 170 Å². The molecule has 0 radical (unpaired) electrons. The highest BCUT2D eigenvalue weighted by Gasteiger charge is 2.24. The number of aromatic nitrogens is 3. The van der Waals surface area contributed by atoms with Crippen molar-refractivity contribution in [1.82, 2.24) is 15.0 Å². The van der Waals surface area contributed by atoms with Gasteiger partial charge in [-0.25, -0.2) is 15.0 Å². The topological polar surface area (TPSA) is 38.7 Å². The molecule has 1 aliphatic rings. The van der Waals surface area contributed by atoms with Crippen LogP contribution < -0.4 is 0 Å². The number of nitrogens with zero attached hydrogens (tertiary/aromatic N) is 3. The van der Waals surface area contributed by atoms with Gasteiger partial charge in [0.15, 0.2) is 17.5 Å². The van der Waals surface area contributed by atoms with E-state index in [0.29, 0.717) is 23.4 Å². The fraction of sp³-hybridized carbons (Fsp3) is 0.0926. The average molecular weight is 794 g/mol. The molecule has 0 amide bonds. The summed E-state index contributed by atoms with van der Waals surface area (Å²) >= 11 is 3.81. The summed E-state index contributed by atoms with van der Waals surface area (Å²) in [5.41, 5.74) is 12.0. The van der Waals surface area contributed by atoms with Crippen molar-refractivity contribution >= 4 is 59.0 Å². The van der Waals surface area contributed by atoms with E-state index in [4.69, 9.17) is 15.0 Å². The van der Waals surface area contributed by atoms with Crippen molar-refractivity contribution < 1.29 is 0 Å². The molecule has 0 saturated heterocycles. The van der Waals surface area contributed by atoms with Gasteiger partial charge >= 0.3 is 0 Å². The smallest absolute Gasteiger partial charge is 0.164 e. The quantitative estimate of drug-likeness (QED) is 0.161. The molecule has 282 valence electrons. The minimum atomic E-state index is 0.0769. The first-order chi connectivity index (χ1) is 29.1. The monoisotopic (exact) mass is 793 g/mol. The largest absolute Gasteiger partial charge is 0.208 e. The number of hydrogen-bond donors (Lipinski definition) is 0. The summed E-state index contributed by atoms with van der Waals surface area (Å²) in [5, 5.41) is 4.02. The minimum absolute atomic E-state index is 0.0769. The molecule has 59 heavy (non-hydrogen) atoms. The SMILES string of the molecule is CC1C=Cc2sc3ccc(-c4cccc(-c5cccc6c5sc5ccccc56)c4[C@@H](C)c4ccc(-c5nc(-c6ccccc6)nc(-c6ccccc6)n5)cc4)cc3c2C1. The van der Waals surface area contributed by atoms with Gasteiger partial charge < -0.3 is 0 Å². The van der Waals surface area contributed by atoms with Crippen LogP contribution in [0.3, 0.4) is 0 Å². The maximum Gasteiger partial charge on any atom is 0.164 e. The molecule has 0 aliphatic heterocycles. The molecule has 7 aromatic carbocycles. The van der Waals surface area contributed by atoms with Gasteiger partial charge in [-0.15, -0.1) is 22.7 Å². The predicted octanol–water partition coefficient (Wildman–Crippen LogP) is 15.1. The van der Waals surface area contributed by atoms with Crippen molar-refractivity contribution in [3.05, 3.63) is 191 Å². The molecule has 2 atom stereocenters. The van der Waals surface area contributed by atoms with Crippen molar-refractivity contribution in [2.75, 3.05) is 0 Å². The van der Waals surface area contributed by atoms with E-state index >= 15 is 0 Å². The van der Waals surface area contributed by atoms with Crippen molar-refractivity contribution in [3.63, 3.8) is 0 Å². The molecule has 0 N–H and O–H groups in total. The predicted molar refractivity (Wildman–Crippen MR) is 251 cm³/mol. The Kier molecular flexibility index (Phi) is 8.87. The second-order valence-corrected chi connectivity index (χ2v) is 17.8. The Morgan fingerprint density at radius 1 is 0.508 bits per heavy atom. The first-order valence-electron chi connectivity index (χ1n) is 20.3. The van der Waals surface area contributed by atoms with E-state index < -0.39 is 0 Å². The lowest BCUT2D eigenvalue weighted by Crippen LogP contribution is -2.03. The molecular formula is C54H39N3S2. The van der Waals surface area contributed by atoms with E-state index in [-0.39, 0.29) is 5.92 Å². The van der Waals surface area contributed by atoms with E-state index in [2.05, 4.69) is 153 Å². The molecule has 3 aromatic heterocycles. The Bertz CT molecular complexity index is 3160. The highest BCUT2D eigenvalue weighted by atomic mass is 32.1. The summed E-state index contributed by atoms with van der Waals surface area (Å²) in [4.78, 5) is 16.4. The van der Waals surface area contributed by atoms with E-state index in [1.807, 2.05) is 59.1 Å². The van der Waals surface area contributed by atoms with Crippen LogP contribution in [0.1, 0.15) is 41.3 Å². The van der Waals surface area contributed by atoms with E-state index in [1.54, 1.807) is 0 Å². The molecule has 11 rings (SSSR count). The molecule has 0 bridgehead atoms. The van der Waals surface area contributed by atoms with Crippen molar-refractivity contribution in [1.29, 1.82) is 0 Å². The van der Waals surface area contributed by atoms with E-state index in [1.165, 1.54) is 74.1 Å². The van der Waals surface area contributed by atoms with Crippen LogP contribution in [-0.2, 0) is 6.42 Å². The first kappa shape index (κ1) is 35.6. The normalized spacial score (nSPS) is 14.2. The number of allylic oxidation sites excluding steroid dienone is 1. The molecule has 1 unspecified atom stereocenters. The fourth-order valence-electron chi connectivity index (χ4n) is 8.82. The van der Waals surface area contributed by atoms with Crippen LogP contribution >= 0.6 is 22.7 Å². The Morgan fingerprint density at radius 2 is 1.08 bits per heavy atom. The molecule has 0 saturated carbocycles. The molecule has 1 aliphatic carbocycles. The van der Waals surface area contributed by atoms with Crippen LogP contribution in [0.5, 0.6) is 0 Å². The van der Waals surface area contributed by atoms with E-state index in [9.17, 15) is 0 Å². The summed E-state index contributed by atoms with van der Waals surface area (Å²) in [6.07, 6.45) is 5.77. The zero-order chi connectivity index (χ0) is 39.5. The van der Waals surface area contributed by atoms with Gasteiger partial charge in [0.05, 0.1) is 0 Å². The van der Waals surface area contributed by atoms with Crippen molar-refractivity contribution in [2.45, 2.75) is 26.2 Å². The number of benzene rings is 7. The minimum Gasteiger partial charge on any atom is -0.208 e. The highest BCUT2D eigenvalue weighted by molar-refractivity contribution is 7.26. The van der Waals surface area contributed by atoms with Crippen molar-refractivity contribution in [3.8, 4) is 56.4 Å². The number of rotatable bonds is 7. The zero-order valence-corrected chi connectivity index (χ0v) is 34.4. The Labute approximate surface area is 352 Å². The van der Waals surface area contributed by atoms with Gasteiger partial charge in [-0.2, -0.15) is 0 Å². The second kappa shape index (κ2) is 14.7. The standard InChI is InChI=1S/C54H39N3S2/c1-33-23-29-48-45(31-33)46-32-39(28-30-49(46)58-48)40-18-11-19-42(44-21-12-20-43-41-17-9-10-22-47(41)59-51(43)44)50(40)34(2)35-24-26-38(27-25-35)54-56-52(36-13-5-3-6-14-36)55-53(57-54)37-15-7-4-8-16-37/h3-30,32-34H,31H2,1-2H3/t33?,34-/m0/s1. The summed E-state index contributed by atoms with van der Waals surface area (Å²) in [7, 11) is 0. The lowest BCUT2D eigenvalue weighted by Gasteiger charge is -2.23. The Hall–Kier alpha value is -6.53. The van der Waals surface area contributed by atoms with Gasteiger partial charge in [0, 0.05) is 52.4 Å². The van der Waals surface area contributed by atoms with Crippen molar-refractivity contribution in [2.24, 2.45) is 5.92 Å². The molecular weight excluding hydrogens is 755 g/mol. The van der Waals surface area contributed by atoms with Crippen LogP contribution in [0, 0.1) is 5.92 Å². The number of fused-ring (bicyclic) bond motifs is 6. The molecule has 0 spiro atoms. The lowest BCUT2D eigenvalue weighted by atomic mass is 9.81. The third-order valence-corrected chi connectivity index (χ3v) is 14.2. The summed E-state index contributed by atoms with van der Waals surface area (Å²) in [5.74, 6) is 2.60. The van der Waals surface area contributed by atoms with Crippen LogP contribution in [0.2, 0.25) is 0 Å². The van der Waals surface area contributed by atoms with Crippen LogP contribution in [0.25, 0.3) is 92.8 Å². The van der Waals surface area contributed by atoms with Crippen LogP contribution in [-0.4, -0.2) is 15.0 Å². The molecule has 3 heterocycles. The highest BCUT2D eigenvalue weighted by Crippen LogP contribution is 2.47. The van der Waals surface area contributed by atoms with E-state index in [0.717, 1.165) is 23.1 Å². The molecule has 10 aromatic rings. The Balaban J connectivity index is 1.06. The van der Waals surface area contributed by atoms with Gasteiger partial charge in [0.1, 0.15) is 0 Å². The van der Waals surface area contributed by atoms with Gasteiger partial charge in [0.25, 0.3) is 0 Å². The zero-order valence-electron chi connectivity index (χ0n) is 32.8. The summed E-state index contributed by atoms with van der Waals surface area (Å²) in [6, 6.07) is 58.9. The van der Waals surface area contributed by atoms with Gasteiger partial charge in [-0.3, -0.25) is 0 Å². The maximum atomic E-state index is 5.02. The van der Waals surface area contributed by atoms with Crippen LogP contribution in [0.4, 0.5) is 0 Å². The third kappa shape index (κ3) is 6.38. The summed E-state index contributed by atoms with van der Waals surface area (Å²) < 4.78 is 4.01. The summed E-state index contributed by atoms with van der Waals surface area (Å²) in [6.45, 7) is 4.69. The lowest BCUT2D eigenvalue weighted by molar-refractivity contribution is 0.724. The molecule has 5 heteroatoms. The Morgan fingerprint density at radius 3 is 1.81 bits per heavy atom. The fourth-order valence-corrected chi connectivity index (χ4v) is 11.2. The number of hydrogen-bond acceptors (Lipinski definition) is 5. The molecule has 3 nitrogen and oxygen atoms in total. The third-order valence-electron chi connectivity index (χ3n) is 11.8. The van der Waals surface area contributed by atoms with Gasteiger partial charge in [-0.1, -0.05) is 166 Å². The molecule has 0 fully saturated rings. The van der Waals surface area contributed by atoms with Gasteiger partial charge in [-0.05, 0) is 80.9 Å². The average Bonchev–Trinajstić information content (AvgIpc) is 3.87. The maximum absolute atomic E-state index is 5.02. The van der Waals surface area contributed by atoms with Gasteiger partial charge in [0.2, 0.25) is 0 Å². The second-order valence-electron chi connectivity index (χ2n) is 15.6. The number of thiophene rings is 2.